The molecule has 3 rings (SSSR count). The predicted molar refractivity (Wildman–Crippen MR) is 88.8 cm³/mol. The number of carbonyl (C=O) groups excluding carboxylic acids is 3. The van der Waals surface area contributed by atoms with Crippen molar-refractivity contribution in [1.29, 1.82) is 0 Å². The third-order valence-electron chi connectivity index (χ3n) is 5.21. The second-order valence-electron chi connectivity index (χ2n) is 6.72. The highest BCUT2D eigenvalue weighted by molar-refractivity contribution is 7.99. The summed E-state index contributed by atoms with van der Waals surface area (Å²) in [6, 6.07) is -0.515. The minimum Gasteiger partial charge on any atom is -0.344 e. The molecule has 7 heteroatoms. The molecular weight excluding hydrogens is 314 g/mol. The summed E-state index contributed by atoms with van der Waals surface area (Å²) in [4.78, 5) is 40.4. The maximum Gasteiger partial charge on any atom is 0.246 e. The first-order valence-electron chi connectivity index (χ1n) is 8.52. The van der Waals surface area contributed by atoms with E-state index in [9.17, 15) is 14.4 Å². The summed E-state index contributed by atoms with van der Waals surface area (Å²) < 4.78 is 0. The highest BCUT2D eigenvalue weighted by atomic mass is 32.2. The van der Waals surface area contributed by atoms with E-state index in [1.165, 1.54) is 19.3 Å². The Hall–Kier alpha value is -1.24. The first-order valence-corrected chi connectivity index (χ1v) is 9.67. The van der Waals surface area contributed by atoms with Crippen molar-refractivity contribution >= 4 is 29.5 Å². The quantitative estimate of drug-likeness (QED) is 0.831. The number of thioether (sulfide) groups is 1. The number of likely N-dealkylation sites (N-methyl/N-ethyl adjacent to an activating group) is 1. The average Bonchev–Trinajstić information content (AvgIpc) is 3.22. The fraction of sp³-hybridized carbons (Fsp3) is 0.812. The standard InChI is InChI=1S/C16H25N3O3S/c1-18(11-5-3-2-4-6-11)16(22)13-9-23-10-19(13)15(21)12-7-8-14(20)17-12/h11-13H,2-10H2,1H3,(H,17,20)/t12-,13?/m1/s1. The molecule has 2 saturated heterocycles. The number of hydrogen-bond donors (Lipinski definition) is 1. The SMILES string of the molecule is CN(C(=O)C1CSCN1C(=O)[C@H]1CCC(=O)N1)C1CCCCC1. The molecule has 1 unspecified atom stereocenters. The largest absolute Gasteiger partial charge is 0.344 e. The fourth-order valence-electron chi connectivity index (χ4n) is 3.75. The molecule has 0 aromatic rings. The zero-order chi connectivity index (χ0) is 16.4. The van der Waals surface area contributed by atoms with Crippen LogP contribution >= 0.6 is 11.8 Å². The highest BCUT2D eigenvalue weighted by Gasteiger charge is 2.41. The summed E-state index contributed by atoms with van der Waals surface area (Å²) in [7, 11) is 1.88. The van der Waals surface area contributed by atoms with Gasteiger partial charge in [0.1, 0.15) is 12.1 Å². The van der Waals surface area contributed by atoms with Crippen LogP contribution in [0, 0.1) is 0 Å². The van der Waals surface area contributed by atoms with Crippen LogP contribution in [0.25, 0.3) is 0 Å². The van der Waals surface area contributed by atoms with E-state index >= 15 is 0 Å². The average molecular weight is 339 g/mol. The van der Waals surface area contributed by atoms with Gasteiger partial charge >= 0.3 is 0 Å². The molecule has 3 aliphatic rings. The molecule has 3 amide bonds. The molecule has 2 heterocycles. The van der Waals surface area contributed by atoms with E-state index in [0.717, 1.165) is 12.8 Å². The van der Waals surface area contributed by atoms with Gasteiger partial charge in [0.15, 0.2) is 0 Å². The zero-order valence-corrected chi connectivity index (χ0v) is 14.4. The van der Waals surface area contributed by atoms with Gasteiger partial charge < -0.3 is 15.1 Å². The lowest BCUT2D eigenvalue weighted by Gasteiger charge is -2.35. The molecule has 0 aromatic carbocycles. The van der Waals surface area contributed by atoms with E-state index < -0.39 is 6.04 Å². The molecule has 3 fully saturated rings. The summed E-state index contributed by atoms with van der Waals surface area (Å²) >= 11 is 1.62. The van der Waals surface area contributed by atoms with Gasteiger partial charge in [0.2, 0.25) is 17.7 Å². The Kier molecular flexibility index (Phi) is 5.14. The normalized spacial score (nSPS) is 28.7. The smallest absolute Gasteiger partial charge is 0.246 e. The predicted octanol–water partition coefficient (Wildman–Crippen LogP) is 0.958. The first kappa shape index (κ1) is 16.6. The van der Waals surface area contributed by atoms with E-state index in [-0.39, 0.29) is 23.8 Å². The lowest BCUT2D eigenvalue weighted by molar-refractivity contribution is -0.145. The van der Waals surface area contributed by atoms with Gasteiger partial charge in [0, 0.05) is 25.3 Å². The van der Waals surface area contributed by atoms with Crippen molar-refractivity contribution in [2.75, 3.05) is 18.7 Å². The molecule has 0 spiro atoms. The Balaban J connectivity index is 1.64. The van der Waals surface area contributed by atoms with Crippen LogP contribution in [0.15, 0.2) is 0 Å². The lowest BCUT2D eigenvalue weighted by atomic mass is 9.94. The van der Waals surface area contributed by atoms with Crippen molar-refractivity contribution in [3.05, 3.63) is 0 Å². The van der Waals surface area contributed by atoms with Crippen LogP contribution in [0.2, 0.25) is 0 Å². The molecule has 0 radical (unpaired) electrons. The van der Waals surface area contributed by atoms with Crippen LogP contribution < -0.4 is 5.32 Å². The summed E-state index contributed by atoms with van der Waals surface area (Å²) in [6.45, 7) is 0. The number of nitrogens with one attached hydrogen (secondary N) is 1. The van der Waals surface area contributed by atoms with Crippen LogP contribution in [0.1, 0.15) is 44.9 Å². The molecule has 2 atom stereocenters. The van der Waals surface area contributed by atoms with Crippen molar-refractivity contribution in [3.8, 4) is 0 Å². The van der Waals surface area contributed by atoms with Gasteiger partial charge in [-0.1, -0.05) is 19.3 Å². The molecular formula is C16H25N3O3S. The zero-order valence-electron chi connectivity index (χ0n) is 13.6. The molecule has 23 heavy (non-hydrogen) atoms. The molecule has 2 aliphatic heterocycles. The van der Waals surface area contributed by atoms with Gasteiger partial charge in [-0.05, 0) is 19.3 Å². The van der Waals surface area contributed by atoms with Crippen LogP contribution in [0.4, 0.5) is 0 Å². The number of carbonyl (C=O) groups is 3. The van der Waals surface area contributed by atoms with Gasteiger partial charge in [-0.2, -0.15) is 0 Å². The Bertz CT molecular complexity index is 493. The molecule has 6 nitrogen and oxygen atoms in total. The van der Waals surface area contributed by atoms with E-state index in [1.807, 2.05) is 11.9 Å². The molecule has 1 saturated carbocycles. The number of amides is 3. The molecule has 1 N–H and O–H groups in total. The van der Waals surface area contributed by atoms with Gasteiger partial charge in [-0.25, -0.2) is 0 Å². The van der Waals surface area contributed by atoms with Crippen LogP contribution in [-0.2, 0) is 14.4 Å². The van der Waals surface area contributed by atoms with Crippen LogP contribution in [-0.4, -0.2) is 64.3 Å². The van der Waals surface area contributed by atoms with Crippen LogP contribution in [0.5, 0.6) is 0 Å². The topological polar surface area (TPSA) is 69.7 Å². The maximum atomic E-state index is 12.9. The monoisotopic (exact) mass is 339 g/mol. The summed E-state index contributed by atoms with van der Waals surface area (Å²) in [5, 5.41) is 2.72. The first-order chi connectivity index (χ1) is 11.1. The summed E-state index contributed by atoms with van der Waals surface area (Å²) in [6.07, 6.45) is 6.68. The van der Waals surface area contributed by atoms with Crippen molar-refractivity contribution in [3.63, 3.8) is 0 Å². The van der Waals surface area contributed by atoms with Crippen LogP contribution in [0.3, 0.4) is 0 Å². The van der Waals surface area contributed by atoms with E-state index in [2.05, 4.69) is 5.32 Å². The van der Waals surface area contributed by atoms with Crippen molar-refractivity contribution in [2.24, 2.45) is 0 Å². The number of nitrogens with zero attached hydrogens (tertiary/aromatic N) is 2. The van der Waals surface area contributed by atoms with E-state index in [1.54, 1.807) is 16.7 Å². The van der Waals surface area contributed by atoms with E-state index in [0.29, 0.717) is 30.5 Å². The third kappa shape index (κ3) is 3.49. The van der Waals surface area contributed by atoms with E-state index in [4.69, 9.17) is 0 Å². The number of rotatable bonds is 3. The van der Waals surface area contributed by atoms with Crippen molar-refractivity contribution in [1.82, 2.24) is 15.1 Å². The Morgan fingerprint density at radius 3 is 2.61 bits per heavy atom. The second-order valence-corrected chi connectivity index (χ2v) is 7.72. The second kappa shape index (κ2) is 7.11. The highest BCUT2D eigenvalue weighted by Crippen LogP contribution is 2.27. The summed E-state index contributed by atoms with van der Waals surface area (Å²) in [5.41, 5.74) is 0. The van der Waals surface area contributed by atoms with Gasteiger partial charge in [0.05, 0.1) is 5.88 Å². The maximum absolute atomic E-state index is 12.9. The Morgan fingerprint density at radius 2 is 1.96 bits per heavy atom. The molecule has 0 bridgehead atoms. The Morgan fingerprint density at radius 1 is 1.22 bits per heavy atom. The van der Waals surface area contributed by atoms with Gasteiger partial charge in [0.25, 0.3) is 0 Å². The van der Waals surface area contributed by atoms with Gasteiger partial charge in [-0.15, -0.1) is 11.8 Å². The van der Waals surface area contributed by atoms with Crippen molar-refractivity contribution in [2.45, 2.75) is 63.1 Å². The lowest BCUT2D eigenvalue weighted by Crippen LogP contribution is -2.54. The molecule has 1 aliphatic carbocycles. The summed E-state index contributed by atoms with van der Waals surface area (Å²) in [5.74, 6) is 1.08. The minimum atomic E-state index is -0.448. The molecule has 128 valence electrons. The molecule has 0 aromatic heterocycles. The fourth-order valence-corrected chi connectivity index (χ4v) is 4.90. The third-order valence-corrected chi connectivity index (χ3v) is 6.23. The Labute approximate surface area is 141 Å². The number of hydrogen-bond acceptors (Lipinski definition) is 4. The van der Waals surface area contributed by atoms with Crippen molar-refractivity contribution < 1.29 is 14.4 Å². The van der Waals surface area contributed by atoms with Gasteiger partial charge in [-0.3, -0.25) is 14.4 Å². The minimum absolute atomic E-state index is 0.0552.